The maximum absolute atomic E-state index is 12.8. The molecular weight excluding hydrogens is 425 g/mol. The second kappa shape index (κ2) is 9.63. The second-order valence-corrected chi connectivity index (χ2v) is 9.50. The van der Waals surface area contributed by atoms with Crippen molar-refractivity contribution >= 4 is 40.6 Å². The van der Waals surface area contributed by atoms with Crippen LogP contribution in [0.25, 0.3) is 10.8 Å². The minimum absolute atomic E-state index is 0.193. The molecule has 3 aromatic carbocycles. The highest BCUT2D eigenvalue weighted by atomic mass is 35.7. The standard InChI is InChI=1S/C22H23ClNO5P/c1-16(2)21(22(25)29-30(23,26)27)24(28-15-17-9-4-3-5-10-17)20-14-8-12-18-11-6-7-13-19(18)20/h3-14,16,21H,15H2,1-2H3,(H,26,27)/t21-/m0/s1. The Morgan fingerprint density at radius 1 is 1.03 bits per heavy atom. The Morgan fingerprint density at radius 3 is 2.33 bits per heavy atom. The van der Waals surface area contributed by atoms with Gasteiger partial charge in [-0.15, -0.1) is 0 Å². The molecule has 0 amide bonds. The number of carbonyl (C=O) groups excluding carboxylic acids is 1. The van der Waals surface area contributed by atoms with Crippen LogP contribution in [0.2, 0.25) is 0 Å². The van der Waals surface area contributed by atoms with E-state index >= 15 is 0 Å². The van der Waals surface area contributed by atoms with E-state index in [-0.39, 0.29) is 12.5 Å². The van der Waals surface area contributed by atoms with Crippen LogP contribution >= 0.6 is 18.2 Å². The minimum atomic E-state index is -4.53. The van der Waals surface area contributed by atoms with E-state index in [1.54, 1.807) is 13.8 Å². The van der Waals surface area contributed by atoms with Crippen LogP contribution in [-0.4, -0.2) is 16.9 Å². The van der Waals surface area contributed by atoms with Crippen molar-refractivity contribution in [2.75, 3.05) is 5.06 Å². The number of hydrogen-bond acceptors (Lipinski definition) is 5. The highest BCUT2D eigenvalue weighted by molar-refractivity contribution is 7.80. The summed E-state index contributed by atoms with van der Waals surface area (Å²) in [6.45, 7) is -0.742. The zero-order valence-corrected chi connectivity index (χ0v) is 18.3. The lowest BCUT2D eigenvalue weighted by atomic mass is 10.0. The lowest BCUT2D eigenvalue weighted by Crippen LogP contribution is -2.45. The molecule has 0 saturated heterocycles. The highest BCUT2D eigenvalue weighted by Gasteiger charge is 2.36. The molecule has 0 heterocycles. The fourth-order valence-corrected chi connectivity index (χ4v) is 3.76. The van der Waals surface area contributed by atoms with Crippen molar-refractivity contribution in [1.82, 2.24) is 0 Å². The average molecular weight is 448 g/mol. The van der Waals surface area contributed by atoms with Gasteiger partial charge in [0.25, 0.3) is 0 Å². The zero-order valence-electron chi connectivity index (χ0n) is 16.6. The largest absolute Gasteiger partial charge is 0.476 e. The summed E-state index contributed by atoms with van der Waals surface area (Å²) >= 11 is 5.30. The van der Waals surface area contributed by atoms with Crippen LogP contribution < -0.4 is 5.06 Å². The van der Waals surface area contributed by atoms with Gasteiger partial charge in [-0.1, -0.05) is 80.6 Å². The summed E-state index contributed by atoms with van der Waals surface area (Å²) in [6, 6.07) is 21.8. The number of nitrogens with zero attached hydrogens (tertiary/aromatic N) is 1. The predicted molar refractivity (Wildman–Crippen MR) is 118 cm³/mol. The molecule has 158 valence electrons. The zero-order chi connectivity index (χ0) is 21.7. The number of hydroxylamine groups is 1. The van der Waals surface area contributed by atoms with E-state index in [9.17, 15) is 14.3 Å². The van der Waals surface area contributed by atoms with E-state index in [1.165, 1.54) is 5.06 Å². The van der Waals surface area contributed by atoms with Crippen molar-refractivity contribution in [2.45, 2.75) is 26.5 Å². The molecule has 0 aromatic heterocycles. The van der Waals surface area contributed by atoms with Crippen molar-refractivity contribution in [3.8, 4) is 0 Å². The van der Waals surface area contributed by atoms with Crippen LogP contribution in [0, 0.1) is 5.92 Å². The normalized spacial score (nSPS) is 14.3. The molecule has 0 aliphatic rings. The third-order valence-corrected chi connectivity index (χ3v) is 5.16. The highest BCUT2D eigenvalue weighted by Crippen LogP contribution is 2.48. The van der Waals surface area contributed by atoms with E-state index in [1.807, 2.05) is 72.8 Å². The molecule has 3 aromatic rings. The van der Waals surface area contributed by atoms with Gasteiger partial charge in [-0.3, -0.25) is 4.84 Å². The number of hydrogen-bond donors (Lipinski definition) is 1. The number of fused-ring (bicyclic) bond motifs is 1. The molecule has 8 heteroatoms. The molecule has 2 atom stereocenters. The first-order chi connectivity index (χ1) is 14.3. The summed E-state index contributed by atoms with van der Waals surface area (Å²) in [7, 11) is 0. The third-order valence-electron chi connectivity index (χ3n) is 4.55. The molecule has 6 nitrogen and oxygen atoms in total. The van der Waals surface area contributed by atoms with Gasteiger partial charge in [0, 0.05) is 16.6 Å². The molecule has 0 bridgehead atoms. The van der Waals surface area contributed by atoms with Crippen LogP contribution in [0.3, 0.4) is 0 Å². The van der Waals surface area contributed by atoms with Crippen LogP contribution in [0.1, 0.15) is 19.4 Å². The Labute approximate surface area is 180 Å². The Morgan fingerprint density at radius 2 is 1.67 bits per heavy atom. The number of carbonyl (C=O) groups is 1. The van der Waals surface area contributed by atoms with Crippen molar-refractivity contribution in [2.24, 2.45) is 5.92 Å². The smallest absolute Gasteiger partial charge is 0.379 e. The fourth-order valence-electron chi connectivity index (χ4n) is 3.22. The lowest BCUT2D eigenvalue weighted by Gasteiger charge is -2.34. The van der Waals surface area contributed by atoms with Gasteiger partial charge in [-0.2, -0.15) is 0 Å². The Balaban J connectivity index is 2.05. The first-order valence-electron chi connectivity index (χ1n) is 9.46. The molecule has 0 aliphatic heterocycles. The van der Waals surface area contributed by atoms with Crippen molar-refractivity contribution in [3.05, 3.63) is 78.4 Å². The van der Waals surface area contributed by atoms with E-state index < -0.39 is 19.0 Å². The maximum atomic E-state index is 12.8. The number of anilines is 1. The van der Waals surface area contributed by atoms with E-state index in [2.05, 4.69) is 4.52 Å². The quantitative estimate of drug-likeness (QED) is 0.353. The van der Waals surface area contributed by atoms with Crippen LogP contribution in [0.5, 0.6) is 0 Å². The molecule has 30 heavy (non-hydrogen) atoms. The molecule has 0 fully saturated rings. The molecular formula is C22H23ClNO5P. The predicted octanol–water partition coefficient (Wildman–Crippen LogP) is 5.69. The third kappa shape index (κ3) is 5.61. The molecule has 3 rings (SSSR count). The molecule has 0 aliphatic carbocycles. The van der Waals surface area contributed by atoms with E-state index in [0.29, 0.717) is 5.69 Å². The number of benzene rings is 3. The van der Waals surface area contributed by atoms with Gasteiger partial charge in [-0.05, 0) is 22.9 Å². The van der Waals surface area contributed by atoms with Gasteiger partial charge in [0.1, 0.15) is 0 Å². The van der Waals surface area contributed by atoms with Gasteiger partial charge >= 0.3 is 12.9 Å². The summed E-state index contributed by atoms with van der Waals surface area (Å²) in [4.78, 5) is 28.3. The molecule has 1 unspecified atom stereocenters. The van der Waals surface area contributed by atoms with Crippen molar-refractivity contribution in [1.29, 1.82) is 0 Å². The first-order valence-corrected chi connectivity index (χ1v) is 11.9. The van der Waals surface area contributed by atoms with Gasteiger partial charge in [0.2, 0.25) is 0 Å². The van der Waals surface area contributed by atoms with Gasteiger partial charge in [0.15, 0.2) is 6.04 Å². The fraction of sp³-hybridized carbons (Fsp3) is 0.227. The lowest BCUT2D eigenvalue weighted by molar-refractivity contribution is -0.140. The summed E-state index contributed by atoms with van der Waals surface area (Å²) in [6.07, 6.45) is 0. The maximum Gasteiger partial charge on any atom is 0.476 e. The van der Waals surface area contributed by atoms with Crippen LogP contribution in [0.4, 0.5) is 5.69 Å². The Hall–Kier alpha value is -2.37. The van der Waals surface area contributed by atoms with Crippen molar-refractivity contribution in [3.63, 3.8) is 0 Å². The molecule has 1 N–H and O–H groups in total. The molecule has 0 spiro atoms. The Kier molecular flexibility index (Phi) is 7.16. The van der Waals surface area contributed by atoms with Crippen molar-refractivity contribution < 1.29 is 23.6 Å². The Bertz CT molecular complexity index is 1050. The average Bonchev–Trinajstić information content (AvgIpc) is 2.69. The van der Waals surface area contributed by atoms with Gasteiger partial charge in [-0.25, -0.2) is 14.4 Å². The van der Waals surface area contributed by atoms with E-state index in [4.69, 9.17) is 16.1 Å². The SMILES string of the molecule is CC(C)[C@@H](C(=O)OP(=O)(O)Cl)N(OCc1ccccc1)c1cccc2ccccc12. The summed E-state index contributed by atoms with van der Waals surface area (Å²) in [5.74, 6) is -1.25. The monoisotopic (exact) mass is 447 g/mol. The number of halogens is 1. The van der Waals surface area contributed by atoms with Gasteiger partial charge in [0.05, 0.1) is 12.3 Å². The van der Waals surface area contributed by atoms with Crippen LogP contribution in [0.15, 0.2) is 72.8 Å². The van der Waals surface area contributed by atoms with E-state index in [0.717, 1.165) is 16.3 Å². The summed E-state index contributed by atoms with van der Waals surface area (Å²) < 4.78 is 16.2. The topological polar surface area (TPSA) is 76.1 Å². The summed E-state index contributed by atoms with van der Waals surface area (Å²) in [5.41, 5.74) is 1.55. The minimum Gasteiger partial charge on any atom is -0.379 e. The molecule has 0 radical (unpaired) electrons. The number of rotatable bonds is 8. The summed E-state index contributed by atoms with van der Waals surface area (Å²) in [5, 5.41) is 3.28. The first kappa shape index (κ1) is 22.3. The molecule has 0 saturated carbocycles. The second-order valence-electron chi connectivity index (χ2n) is 7.13. The van der Waals surface area contributed by atoms with Crippen LogP contribution in [-0.2, 0) is 25.3 Å². The van der Waals surface area contributed by atoms with Gasteiger partial charge < -0.3 is 9.42 Å².